The second-order valence-electron chi connectivity index (χ2n) is 8.13. The second kappa shape index (κ2) is 7.50. The summed E-state index contributed by atoms with van der Waals surface area (Å²) in [5.74, 6) is -0.145. The topological polar surface area (TPSA) is 86.7 Å². The molecule has 1 heterocycles. The summed E-state index contributed by atoms with van der Waals surface area (Å²) >= 11 is 0. The molecular weight excluding hydrogens is 400 g/mol. The minimum Gasteiger partial charge on any atom is -0.396 e. The van der Waals surface area contributed by atoms with Crippen molar-refractivity contribution in [2.75, 3.05) is 25.1 Å². The maximum Gasteiger partial charge on any atom is 0.258 e. The van der Waals surface area contributed by atoms with E-state index in [4.69, 9.17) is 0 Å². The fourth-order valence-electron chi connectivity index (χ4n) is 3.95. The van der Waals surface area contributed by atoms with Crippen molar-refractivity contribution in [3.8, 4) is 0 Å². The first-order valence-electron chi connectivity index (χ1n) is 9.74. The molecule has 0 saturated carbocycles. The Balaban J connectivity index is 1.65. The molecule has 0 spiro atoms. The van der Waals surface area contributed by atoms with E-state index in [1.807, 2.05) is 37.3 Å². The van der Waals surface area contributed by atoms with Crippen LogP contribution in [0.25, 0.3) is 10.8 Å². The summed E-state index contributed by atoms with van der Waals surface area (Å²) in [4.78, 5) is 14.1. The van der Waals surface area contributed by atoms with E-state index in [2.05, 4.69) is 4.72 Å². The highest BCUT2D eigenvalue weighted by Gasteiger charge is 2.31. The van der Waals surface area contributed by atoms with Gasteiger partial charge in [-0.05, 0) is 30.2 Å². The van der Waals surface area contributed by atoms with Gasteiger partial charge in [-0.15, -0.1) is 0 Å². The molecule has 0 aliphatic carbocycles. The molecule has 6 nitrogen and oxygen atoms in total. The zero-order valence-electron chi connectivity index (χ0n) is 16.9. The number of anilines is 1. The zero-order chi connectivity index (χ0) is 21.5. The molecule has 0 saturated heterocycles. The summed E-state index contributed by atoms with van der Waals surface area (Å²) < 4.78 is 29.0. The Morgan fingerprint density at radius 2 is 1.77 bits per heavy atom. The van der Waals surface area contributed by atoms with Crippen LogP contribution >= 0.6 is 0 Å². The van der Waals surface area contributed by atoms with E-state index in [9.17, 15) is 18.3 Å². The van der Waals surface area contributed by atoms with Crippen LogP contribution < -0.4 is 9.62 Å². The maximum atomic E-state index is 13.2. The van der Waals surface area contributed by atoms with Crippen LogP contribution in [0.3, 0.4) is 0 Å². The van der Waals surface area contributed by atoms with Gasteiger partial charge < -0.3 is 10.0 Å². The predicted octanol–water partition coefficient (Wildman–Crippen LogP) is 2.95. The molecular formula is C23H24N2O4S. The fraction of sp³-hybridized carbons (Fsp3) is 0.261. The highest BCUT2D eigenvalue weighted by atomic mass is 32.2. The monoisotopic (exact) mass is 424 g/mol. The van der Waals surface area contributed by atoms with Crippen molar-refractivity contribution in [2.24, 2.45) is 5.41 Å². The van der Waals surface area contributed by atoms with Gasteiger partial charge in [0.2, 0.25) is 10.0 Å². The van der Waals surface area contributed by atoms with Crippen molar-refractivity contribution < 1.29 is 18.3 Å². The molecule has 3 aromatic carbocycles. The van der Waals surface area contributed by atoms with Crippen LogP contribution in [0.4, 0.5) is 5.69 Å². The fourth-order valence-corrected chi connectivity index (χ4v) is 5.35. The number of sulfonamides is 1. The Kier molecular flexibility index (Phi) is 5.13. The van der Waals surface area contributed by atoms with E-state index in [1.54, 1.807) is 31.3 Å². The van der Waals surface area contributed by atoms with Gasteiger partial charge in [-0.25, -0.2) is 13.1 Å². The Hall–Kier alpha value is -2.74. The van der Waals surface area contributed by atoms with Crippen LogP contribution in [0.1, 0.15) is 22.8 Å². The largest absolute Gasteiger partial charge is 0.396 e. The van der Waals surface area contributed by atoms with E-state index in [-0.39, 0.29) is 24.0 Å². The molecule has 30 heavy (non-hydrogen) atoms. The van der Waals surface area contributed by atoms with Gasteiger partial charge in [0.15, 0.2) is 0 Å². The molecule has 3 aromatic rings. The van der Waals surface area contributed by atoms with Gasteiger partial charge in [0.05, 0.1) is 17.2 Å². The van der Waals surface area contributed by atoms with Crippen molar-refractivity contribution in [1.29, 1.82) is 0 Å². The predicted molar refractivity (Wildman–Crippen MR) is 117 cm³/mol. The van der Waals surface area contributed by atoms with Gasteiger partial charge in [0.25, 0.3) is 5.91 Å². The number of benzene rings is 3. The van der Waals surface area contributed by atoms with Gasteiger partial charge in [-0.3, -0.25) is 4.79 Å². The van der Waals surface area contributed by atoms with Crippen LogP contribution in [-0.4, -0.2) is 39.6 Å². The molecule has 0 aromatic heterocycles. The Morgan fingerprint density at radius 3 is 2.47 bits per heavy atom. The van der Waals surface area contributed by atoms with Crippen LogP contribution in [0.5, 0.6) is 0 Å². The number of nitrogens with one attached hydrogen (secondary N) is 1. The summed E-state index contributed by atoms with van der Waals surface area (Å²) in [6.45, 7) is 1.78. The van der Waals surface area contributed by atoms with E-state index in [0.29, 0.717) is 28.4 Å². The molecule has 7 heteroatoms. The van der Waals surface area contributed by atoms with Gasteiger partial charge in [-0.1, -0.05) is 49.4 Å². The Bertz CT molecular complexity index is 1220. The van der Waals surface area contributed by atoms with E-state index in [1.165, 1.54) is 11.0 Å². The zero-order valence-corrected chi connectivity index (χ0v) is 17.7. The van der Waals surface area contributed by atoms with Gasteiger partial charge in [-0.2, -0.15) is 0 Å². The van der Waals surface area contributed by atoms with E-state index < -0.39 is 15.4 Å². The average Bonchev–Trinajstić information content (AvgIpc) is 3.00. The number of hydrogen-bond donors (Lipinski definition) is 2. The van der Waals surface area contributed by atoms with Gasteiger partial charge in [0.1, 0.15) is 0 Å². The summed E-state index contributed by atoms with van der Waals surface area (Å²) in [7, 11) is -2.17. The number of nitrogens with zero attached hydrogens (tertiary/aromatic N) is 1. The third-order valence-electron chi connectivity index (χ3n) is 5.71. The highest BCUT2D eigenvalue weighted by molar-refractivity contribution is 7.89. The van der Waals surface area contributed by atoms with Crippen LogP contribution in [0, 0.1) is 5.41 Å². The van der Waals surface area contributed by atoms with Gasteiger partial charge >= 0.3 is 0 Å². The average molecular weight is 425 g/mol. The van der Waals surface area contributed by atoms with Crippen molar-refractivity contribution in [2.45, 2.75) is 18.2 Å². The maximum absolute atomic E-state index is 13.2. The van der Waals surface area contributed by atoms with Crippen molar-refractivity contribution in [3.05, 3.63) is 71.8 Å². The molecule has 1 unspecified atom stereocenters. The van der Waals surface area contributed by atoms with Gasteiger partial charge in [0, 0.05) is 35.3 Å². The molecule has 156 valence electrons. The molecule has 2 N–H and O–H groups in total. The number of amides is 1. The number of carbonyl (C=O) groups excluding carboxylic acids is 1. The number of carbonyl (C=O) groups is 1. The normalized spacial score (nSPS) is 15.6. The van der Waals surface area contributed by atoms with Crippen LogP contribution in [0.2, 0.25) is 0 Å². The molecule has 1 atom stereocenters. The van der Waals surface area contributed by atoms with Crippen LogP contribution in [-0.2, 0) is 16.4 Å². The molecule has 1 amide bonds. The third-order valence-corrected chi connectivity index (χ3v) is 7.17. The standard InChI is InChI=1S/C23H24N2O4S/c1-23(15-26,13-16-7-4-3-5-8-16)14-24-30(28,29)20-12-11-19-21-17(20)9-6-10-18(21)22(27)25(19)2/h3-12,24,26H,13-15H2,1-2H3. The highest BCUT2D eigenvalue weighted by Crippen LogP contribution is 2.39. The summed E-state index contributed by atoms with van der Waals surface area (Å²) in [6.07, 6.45) is 0.538. The Labute approximate surface area is 176 Å². The lowest BCUT2D eigenvalue weighted by molar-refractivity contribution is 0.0999. The minimum atomic E-state index is -3.85. The lowest BCUT2D eigenvalue weighted by Crippen LogP contribution is -2.39. The molecule has 1 aliphatic heterocycles. The Morgan fingerprint density at radius 1 is 1.03 bits per heavy atom. The lowest BCUT2D eigenvalue weighted by atomic mass is 9.84. The smallest absolute Gasteiger partial charge is 0.258 e. The second-order valence-corrected chi connectivity index (χ2v) is 9.87. The summed E-state index contributed by atoms with van der Waals surface area (Å²) in [5.41, 5.74) is 1.58. The third kappa shape index (κ3) is 3.49. The molecule has 1 aliphatic rings. The van der Waals surface area contributed by atoms with Crippen molar-refractivity contribution in [3.63, 3.8) is 0 Å². The molecule has 4 rings (SSSR count). The number of aliphatic hydroxyl groups is 1. The quantitative estimate of drug-likeness (QED) is 0.611. The molecule has 0 fully saturated rings. The molecule has 0 bridgehead atoms. The van der Waals surface area contributed by atoms with E-state index in [0.717, 1.165) is 5.56 Å². The van der Waals surface area contributed by atoms with Crippen molar-refractivity contribution in [1.82, 2.24) is 4.72 Å². The SMILES string of the molecule is CN1C(=O)c2cccc3c(S(=O)(=O)NCC(C)(CO)Cc4ccccc4)ccc1c23. The first-order chi connectivity index (χ1) is 14.3. The first-order valence-corrected chi connectivity index (χ1v) is 11.2. The summed E-state index contributed by atoms with van der Waals surface area (Å²) in [5, 5.41) is 11.1. The summed E-state index contributed by atoms with van der Waals surface area (Å²) in [6, 6.07) is 18.0. The number of hydrogen-bond acceptors (Lipinski definition) is 4. The first kappa shape index (κ1) is 20.5. The number of rotatable bonds is 7. The number of aliphatic hydroxyl groups excluding tert-OH is 1. The van der Waals surface area contributed by atoms with E-state index >= 15 is 0 Å². The van der Waals surface area contributed by atoms with Crippen molar-refractivity contribution >= 4 is 32.4 Å². The lowest BCUT2D eigenvalue weighted by Gasteiger charge is -2.28. The molecule has 0 radical (unpaired) electrons. The van der Waals surface area contributed by atoms with Crippen LogP contribution in [0.15, 0.2) is 65.6 Å². The minimum absolute atomic E-state index is 0.0858.